The van der Waals surface area contributed by atoms with Crippen LogP contribution in [0.2, 0.25) is 0 Å². The fourth-order valence-electron chi connectivity index (χ4n) is 2.06. The van der Waals surface area contributed by atoms with Crippen LogP contribution in [0.1, 0.15) is 12.8 Å². The molecule has 0 aromatic carbocycles. The first kappa shape index (κ1) is 11.2. The molecular formula is C10H15NO5. The highest BCUT2D eigenvalue weighted by atomic mass is 16.6. The van der Waals surface area contributed by atoms with Crippen molar-refractivity contribution in [3.8, 4) is 0 Å². The van der Waals surface area contributed by atoms with Gasteiger partial charge in [0.15, 0.2) is 6.04 Å². The van der Waals surface area contributed by atoms with Crippen LogP contribution in [-0.4, -0.2) is 54.5 Å². The summed E-state index contributed by atoms with van der Waals surface area (Å²) in [6.07, 6.45) is 1.23. The lowest BCUT2D eigenvalue weighted by Crippen LogP contribution is -2.43. The van der Waals surface area contributed by atoms with Gasteiger partial charge in [-0.1, -0.05) is 0 Å². The van der Waals surface area contributed by atoms with Gasteiger partial charge >= 0.3 is 12.1 Å². The number of cyclic esters (lactones) is 1. The van der Waals surface area contributed by atoms with Crippen LogP contribution in [0.5, 0.6) is 0 Å². The zero-order chi connectivity index (χ0) is 11.5. The number of carbonyl (C=O) groups is 2. The lowest BCUT2D eigenvalue weighted by atomic mass is 9.99. The Balaban J connectivity index is 1.95. The van der Waals surface area contributed by atoms with Crippen molar-refractivity contribution in [2.24, 2.45) is 5.92 Å². The minimum Gasteiger partial charge on any atom is -0.480 e. The number of carboxylic acids is 1. The van der Waals surface area contributed by atoms with E-state index in [1.165, 1.54) is 4.90 Å². The second-order valence-corrected chi connectivity index (χ2v) is 4.14. The van der Waals surface area contributed by atoms with E-state index in [4.69, 9.17) is 14.6 Å². The normalized spacial score (nSPS) is 26.9. The Hall–Kier alpha value is -1.30. The van der Waals surface area contributed by atoms with Crippen molar-refractivity contribution in [2.45, 2.75) is 18.9 Å². The van der Waals surface area contributed by atoms with Crippen molar-refractivity contribution in [2.75, 3.05) is 26.4 Å². The molecule has 1 N–H and O–H groups in total. The zero-order valence-corrected chi connectivity index (χ0v) is 8.92. The first-order valence-electron chi connectivity index (χ1n) is 5.42. The minimum absolute atomic E-state index is 0.0443. The van der Waals surface area contributed by atoms with Gasteiger partial charge in [-0.25, -0.2) is 9.59 Å². The molecule has 2 fully saturated rings. The van der Waals surface area contributed by atoms with Gasteiger partial charge in [-0.15, -0.1) is 0 Å². The maximum absolute atomic E-state index is 11.4. The van der Waals surface area contributed by atoms with Crippen LogP contribution in [0, 0.1) is 5.92 Å². The predicted molar refractivity (Wildman–Crippen MR) is 53.0 cm³/mol. The summed E-state index contributed by atoms with van der Waals surface area (Å²) in [5.41, 5.74) is 0. The van der Waals surface area contributed by atoms with Crippen LogP contribution < -0.4 is 0 Å². The van der Waals surface area contributed by atoms with Crippen molar-refractivity contribution in [1.29, 1.82) is 0 Å². The number of nitrogens with zero attached hydrogens (tertiary/aromatic N) is 1. The molecule has 6 nitrogen and oxygen atoms in total. The molecule has 0 bridgehead atoms. The van der Waals surface area contributed by atoms with Crippen molar-refractivity contribution < 1.29 is 24.2 Å². The fourth-order valence-corrected chi connectivity index (χ4v) is 2.06. The Bertz CT molecular complexity index is 287. The zero-order valence-electron chi connectivity index (χ0n) is 8.92. The summed E-state index contributed by atoms with van der Waals surface area (Å²) < 4.78 is 9.97. The van der Waals surface area contributed by atoms with E-state index in [1.807, 2.05) is 0 Å². The molecule has 0 radical (unpaired) electrons. The van der Waals surface area contributed by atoms with Gasteiger partial charge in [0.25, 0.3) is 0 Å². The number of hydrogen-bond donors (Lipinski definition) is 1. The van der Waals surface area contributed by atoms with Gasteiger partial charge in [0.1, 0.15) is 6.61 Å². The molecule has 0 spiro atoms. The SMILES string of the molecule is O=C(O)C1COC(=O)N1CC1CCOCC1. The number of aliphatic carboxylic acids is 1. The highest BCUT2D eigenvalue weighted by molar-refractivity contribution is 5.82. The molecule has 1 amide bonds. The molecule has 1 unspecified atom stereocenters. The van der Waals surface area contributed by atoms with Gasteiger partial charge in [-0.3, -0.25) is 4.90 Å². The van der Waals surface area contributed by atoms with E-state index in [0.29, 0.717) is 25.7 Å². The van der Waals surface area contributed by atoms with Gasteiger partial charge < -0.3 is 14.6 Å². The number of hydrogen-bond acceptors (Lipinski definition) is 4. The third kappa shape index (κ3) is 2.27. The molecule has 2 aliphatic heterocycles. The Morgan fingerprint density at radius 2 is 2.12 bits per heavy atom. The van der Waals surface area contributed by atoms with Crippen LogP contribution in [-0.2, 0) is 14.3 Å². The topological polar surface area (TPSA) is 76.1 Å². The molecule has 2 heterocycles. The molecule has 0 aromatic rings. The van der Waals surface area contributed by atoms with Gasteiger partial charge in [0, 0.05) is 19.8 Å². The highest BCUT2D eigenvalue weighted by Crippen LogP contribution is 2.21. The first-order chi connectivity index (χ1) is 7.68. The standard InChI is InChI=1S/C10H15NO5/c12-9(13)8-6-16-10(14)11(8)5-7-1-3-15-4-2-7/h7-8H,1-6H2,(H,12,13). The summed E-state index contributed by atoms with van der Waals surface area (Å²) >= 11 is 0. The third-order valence-electron chi connectivity index (χ3n) is 3.06. The van der Waals surface area contributed by atoms with Gasteiger partial charge in [-0.05, 0) is 18.8 Å². The summed E-state index contributed by atoms with van der Waals surface area (Å²) in [4.78, 5) is 23.6. The van der Waals surface area contributed by atoms with E-state index in [1.54, 1.807) is 0 Å². The van der Waals surface area contributed by atoms with Crippen LogP contribution >= 0.6 is 0 Å². The largest absolute Gasteiger partial charge is 0.480 e. The second-order valence-electron chi connectivity index (χ2n) is 4.14. The molecule has 90 valence electrons. The summed E-state index contributed by atoms with van der Waals surface area (Å²) in [5.74, 6) is -0.681. The highest BCUT2D eigenvalue weighted by Gasteiger charge is 2.39. The van der Waals surface area contributed by atoms with Gasteiger partial charge in [-0.2, -0.15) is 0 Å². The van der Waals surface area contributed by atoms with E-state index in [0.717, 1.165) is 12.8 Å². The number of amides is 1. The molecule has 2 aliphatic rings. The van der Waals surface area contributed by atoms with Crippen LogP contribution in [0.4, 0.5) is 4.79 Å². The number of rotatable bonds is 3. The van der Waals surface area contributed by atoms with Crippen molar-refractivity contribution >= 4 is 12.1 Å². The van der Waals surface area contributed by atoms with E-state index in [9.17, 15) is 9.59 Å². The Kier molecular flexibility index (Phi) is 3.28. The van der Waals surface area contributed by atoms with E-state index < -0.39 is 18.1 Å². The first-order valence-corrected chi connectivity index (χ1v) is 5.42. The summed E-state index contributed by atoms with van der Waals surface area (Å²) in [6, 6.07) is -0.824. The predicted octanol–water partition coefficient (Wildman–Crippen LogP) is 0.318. The van der Waals surface area contributed by atoms with Crippen molar-refractivity contribution in [3.05, 3.63) is 0 Å². The van der Waals surface area contributed by atoms with E-state index in [2.05, 4.69) is 0 Å². The Morgan fingerprint density at radius 1 is 1.44 bits per heavy atom. The fraction of sp³-hybridized carbons (Fsp3) is 0.800. The molecule has 16 heavy (non-hydrogen) atoms. The minimum atomic E-state index is -1.00. The van der Waals surface area contributed by atoms with Crippen LogP contribution in [0.3, 0.4) is 0 Å². The average Bonchev–Trinajstić information content (AvgIpc) is 2.62. The van der Waals surface area contributed by atoms with Gasteiger partial charge in [0.2, 0.25) is 0 Å². The Labute approximate surface area is 93.1 Å². The van der Waals surface area contributed by atoms with Crippen molar-refractivity contribution in [1.82, 2.24) is 4.90 Å². The smallest absolute Gasteiger partial charge is 0.410 e. The van der Waals surface area contributed by atoms with Crippen LogP contribution in [0.25, 0.3) is 0 Å². The second kappa shape index (κ2) is 4.69. The quantitative estimate of drug-likeness (QED) is 0.754. The lowest BCUT2D eigenvalue weighted by molar-refractivity contribution is -0.141. The third-order valence-corrected chi connectivity index (χ3v) is 3.06. The molecule has 2 saturated heterocycles. The molecule has 2 rings (SSSR count). The number of carboxylic acid groups (broad SMARTS) is 1. The molecular weight excluding hydrogens is 214 g/mol. The van der Waals surface area contributed by atoms with Crippen LogP contribution in [0.15, 0.2) is 0 Å². The van der Waals surface area contributed by atoms with Crippen molar-refractivity contribution in [3.63, 3.8) is 0 Å². The van der Waals surface area contributed by atoms with E-state index >= 15 is 0 Å². The molecule has 6 heteroatoms. The molecule has 0 aromatic heterocycles. The lowest BCUT2D eigenvalue weighted by Gasteiger charge is -2.27. The van der Waals surface area contributed by atoms with Gasteiger partial charge in [0.05, 0.1) is 0 Å². The number of carbonyl (C=O) groups excluding carboxylic acids is 1. The molecule has 0 aliphatic carbocycles. The Morgan fingerprint density at radius 3 is 2.75 bits per heavy atom. The number of ether oxygens (including phenoxy) is 2. The average molecular weight is 229 g/mol. The summed E-state index contributed by atoms with van der Waals surface area (Å²) in [5, 5.41) is 8.93. The maximum atomic E-state index is 11.4. The molecule has 1 atom stereocenters. The maximum Gasteiger partial charge on any atom is 0.410 e. The summed E-state index contributed by atoms with van der Waals surface area (Å²) in [7, 11) is 0. The molecule has 0 saturated carbocycles. The monoisotopic (exact) mass is 229 g/mol. The van der Waals surface area contributed by atoms with E-state index in [-0.39, 0.29) is 6.61 Å². The summed E-state index contributed by atoms with van der Waals surface area (Å²) in [6.45, 7) is 1.78.